The molecule has 33 heavy (non-hydrogen) atoms. The summed E-state index contributed by atoms with van der Waals surface area (Å²) < 4.78 is 36.5. The summed E-state index contributed by atoms with van der Waals surface area (Å²) in [4.78, 5) is 14.9. The Morgan fingerprint density at radius 1 is 1.12 bits per heavy atom. The molecule has 0 unspecified atom stereocenters. The van der Waals surface area contributed by atoms with E-state index in [9.17, 15) is 13.2 Å². The van der Waals surface area contributed by atoms with E-state index in [1.807, 2.05) is 39.0 Å². The van der Waals surface area contributed by atoms with Crippen LogP contribution >= 0.6 is 0 Å². The Morgan fingerprint density at radius 3 is 2.42 bits per heavy atom. The lowest BCUT2D eigenvalue weighted by molar-refractivity contribution is 0.0578. The first kappa shape index (κ1) is 23.1. The molecular weight excluding hydrogens is 442 g/mol. The number of fused-ring (bicyclic) bond motifs is 3. The van der Waals surface area contributed by atoms with Gasteiger partial charge in [0.25, 0.3) is 0 Å². The van der Waals surface area contributed by atoms with Crippen LogP contribution < -0.4 is 14.8 Å². The van der Waals surface area contributed by atoms with Crippen LogP contribution in [-0.4, -0.2) is 38.3 Å². The average Bonchev–Trinajstić information content (AvgIpc) is 3.05. The van der Waals surface area contributed by atoms with Crippen molar-refractivity contribution in [3.63, 3.8) is 0 Å². The first-order chi connectivity index (χ1) is 15.5. The van der Waals surface area contributed by atoms with Crippen molar-refractivity contribution in [1.29, 1.82) is 0 Å². The number of primary sulfonamides is 1. The number of aromatic nitrogens is 1. The Kier molecular flexibility index (Phi) is 5.88. The van der Waals surface area contributed by atoms with Crippen molar-refractivity contribution in [3.8, 4) is 5.75 Å². The van der Waals surface area contributed by atoms with Gasteiger partial charge in [0.2, 0.25) is 10.0 Å². The minimum atomic E-state index is -3.75. The molecule has 1 aliphatic rings. The SMILES string of the molecule is COc1ccc2c(c1)c1c(n2Cc2ccc(S(N)(=O)=O)cc2)CCCN1C(=O)OC(C)(C)C. The highest BCUT2D eigenvalue weighted by Crippen LogP contribution is 2.40. The summed E-state index contributed by atoms with van der Waals surface area (Å²) in [5.41, 5.74) is 3.16. The molecule has 0 aliphatic carbocycles. The van der Waals surface area contributed by atoms with Gasteiger partial charge in [-0.1, -0.05) is 12.1 Å². The first-order valence-corrected chi connectivity index (χ1v) is 12.3. The number of ether oxygens (including phenoxy) is 2. The number of hydrogen-bond acceptors (Lipinski definition) is 5. The number of carbonyl (C=O) groups excluding carboxylic acids is 1. The van der Waals surface area contributed by atoms with E-state index in [1.54, 1.807) is 24.1 Å². The van der Waals surface area contributed by atoms with Gasteiger partial charge in [-0.15, -0.1) is 0 Å². The number of hydrogen-bond donors (Lipinski definition) is 1. The summed E-state index contributed by atoms with van der Waals surface area (Å²) in [6.07, 6.45) is 1.24. The molecule has 1 aliphatic heterocycles. The van der Waals surface area contributed by atoms with E-state index in [0.29, 0.717) is 18.8 Å². The van der Waals surface area contributed by atoms with Crippen LogP contribution in [0.4, 0.5) is 10.5 Å². The van der Waals surface area contributed by atoms with E-state index in [-0.39, 0.29) is 11.0 Å². The Morgan fingerprint density at radius 2 is 1.82 bits per heavy atom. The highest BCUT2D eigenvalue weighted by atomic mass is 32.2. The van der Waals surface area contributed by atoms with Crippen molar-refractivity contribution in [3.05, 3.63) is 53.7 Å². The van der Waals surface area contributed by atoms with Crippen LogP contribution in [0.15, 0.2) is 47.4 Å². The van der Waals surface area contributed by atoms with Crippen molar-refractivity contribution in [2.45, 2.75) is 50.7 Å². The second-order valence-electron chi connectivity index (χ2n) is 9.19. The predicted octanol–water partition coefficient (Wildman–Crippen LogP) is 4.03. The molecule has 9 heteroatoms. The number of nitrogens with two attached hydrogens (primary N) is 1. The lowest BCUT2D eigenvalue weighted by Gasteiger charge is -2.31. The van der Waals surface area contributed by atoms with E-state index in [4.69, 9.17) is 14.6 Å². The zero-order valence-corrected chi connectivity index (χ0v) is 20.1. The van der Waals surface area contributed by atoms with Crippen LogP contribution in [0, 0.1) is 0 Å². The quantitative estimate of drug-likeness (QED) is 0.619. The van der Waals surface area contributed by atoms with Gasteiger partial charge in [-0.2, -0.15) is 0 Å². The van der Waals surface area contributed by atoms with Gasteiger partial charge in [0, 0.05) is 24.2 Å². The maximum atomic E-state index is 13.1. The molecule has 2 aromatic carbocycles. The third kappa shape index (κ3) is 4.69. The number of rotatable bonds is 4. The van der Waals surface area contributed by atoms with Crippen molar-refractivity contribution in [1.82, 2.24) is 4.57 Å². The molecule has 0 saturated heterocycles. The first-order valence-electron chi connectivity index (χ1n) is 10.8. The van der Waals surface area contributed by atoms with Gasteiger partial charge in [0.05, 0.1) is 23.2 Å². The average molecular weight is 472 g/mol. The molecule has 1 aromatic heterocycles. The number of sulfonamides is 1. The second-order valence-corrected chi connectivity index (χ2v) is 10.8. The molecule has 0 atom stereocenters. The van der Waals surface area contributed by atoms with E-state index in [1.165, 1.54) is 12.1 Å². The van der Waals surface area contributed by atoms with Crippen LogP contribution in [0.1, 0.15) is 38.4 Å². The maximum Gasteiger partial charge on any atom is 0.414 e. The summed E-state index contributed by atoms with van der Waals surface area (Å²) >= 11 is 0. The smallest absolute Gasteiger partial charge is 0.414 e. The lowest BCUT2D eigenvalue weighted by atomic mass is 10.1. The Labute approximate surface area is 193 Å². The molecule has 0 bridgehead atoms. The highest BCUT2D eigenvalue weighted by molar-refractivity contribution is 7.89. The molecule has 2 heterocycles. The minimum Gasteiger partial charge on any atom is -0.497 e. The van der Waals surface area contributed by atoms with Gasteiger partial charge in [-0.3, -0.25) is 4.90 Å². The third-order valence-electron chi connectivity index (χ3n) is 5.62. The molecule has 0 spiro atoms. The van der Waals surface area contributed by atoms with E-state index in [2.05, 4.69) is 4.57 Å². The normalized spacial score (nSPS) is 14.3. The molecule has 176 valence electrons. The zero-order valence-electron chi connectivity index (χ0n) is 19.3. The second kappa shape index (κ2) is 8.39. The van der Waals surface area contributed by atoms with Gasteiger partial charge >= 0.3 is 6.09 Å². The van der Waals surface area contributed by atoms with Crippen molar-refractivity contribution >= 4 is 32.7 Å². The molecule has 2 N–H and O–H groups in total. The fourth-order valence-electron chi connectivity index (χ4n) is 4.21. The van der Waals surface area contributed by atoms with Crippen molar-refractivity contribution in [2.24, 2.45) is 5.14 Å². The van der Waals surface area contributed by atoms with Crippen molar-refractivity contribution < 1.29 is 22.7 Å². The third-order valence-corrected chi connectivity index (χ3v) is 6.55. The summed E-state index contributed by atoms with van der Waals surface area (Å²) in [6.45, 7) is 6.65. The minimum absolute atomic E-state index is 0.0754. The predicted molar refractivity (Wildman–Crippen MR) is 127 cm³/mol. The van der Waals surface area contributed by atoms with Crippen LogP contribution in [0.2, 0.25) is 0 Å². The fraction of sp³-hybridized carbons (Fsp3) is 0.375. The van der Waals surface area contributed by atoms with Crippen molar-refractivity contribution in [2.75, 3.05) is 18.6 Å². The van der Waals surface area contributed by atoms with Gasteiger partial charge in [0.15, 0.2) is 0 Å². The number of nitrogens with zero attached hydrogens (tertiary/aromatic N) is 2. The Bertz CT molecular complexity index is 1300. The van der Waals surface area contributed by atoms with E-state index in [0.717, 1.165) is 40.7 Å². The molecule has 4 rings (SSSR count). The van der Waals surface area contributed by atoms with Crippen LogP contribution in [0.3, 0.4) is 0 Å². The van der Waals surface area contributed by atoms with Gasteiger partial charge in [-0.05, 0) is 69.5 Å². The summed E-state index contributed by atoms with van der Waals surface area (Å²) in [5, 5.41) is 6.14. The number of methoxy groups -OCH3 is 1. The zero-order chi connectivity index (χ0) is 24.0. The topological polar surface area (TPSA) is 104 Å². The molecule has 0 fully saturated rings. The summed E-state index contributed by atoms with van der Waals surface area (Å²) in [5.74, 6) is 0.703. The number of amides is 1. The molecule has 0 saturated carbocycles. The number of anilines is 1. The van der Waals surface area contributed by atoms with Crippen LogP contribution in [0.25, 0.3) is 10.9 Å². The van der Waals surface area contributed by atoms with Crippen LogP contribution in [0.5, 0.6) is 5.75 Å². The largest absolute Gasteiger partial charge is 0.497 e. The van der Waals surface area contributed by atoms with Crippen LogP contribution in [-0.2, 0) is 27.7 Å². The molecular formula is C24H29N3O5S. The van der Waals surface area contributed by atoms with Gasteiger partial charge in [0.1, 0.15) is 11.4 Å². The Hall–Kier alpha value is -3.04. The monoisotopic (exact) mass is 471 g/mol. The molecule has 8 nitrogen and oxygen atoms in total. The van der Waals surface area contributed by atoms with Gasteiger partial charge < -0.3 is 14.0 Å². The molecule has 1 amide bonds. The van der Waals surface area contributed by atoms with E-state index >= 15 is 0 Å². The molecule has 0 radical (unpaired) electrons. The number of carbonyl (C=O) groups is 1. The lowest BCUT2D eigenvalue weighted by Crippen LogP contribution is -2.39. The summed E-state index contributed by atoms with van der Waals surface area (Å²) in [6, 6.07) is 12.4. The highest BCUT2D eigenvalue weighted by Gasteiger charge is 2.32. The maximum absolute atomic E-state index is 13.1. The Balaban J connectivity index is 1.82. The fourth-order valence-corrected chi connectivity index (χ4v) is 4.73. The van der Waals surface area contributed by atoms with E-state index < -0.39 is 15.6 Å². The van der Waals surface area contributed by atoms with Gasteiger partial charge in [-0.25, -0.2) is 18.4 Å². The molecule has 3 aromatic rings. The number of benzene rings is 2. The summed E-state index contributed by atoms with van der Waals surface area (Å²) in [7, 11) is -2.13. The standard InChI is InChI=1S/C24H29N3O5S/c1-24(2,3)32-23(28)26-13-5-6-21-22(26)19-14-17(31-4)9-12-20(19)27(21)15-16-7-10-18(11-8-16)33(25,29)30/h7-12,14H,5-6,13,15H2,1-4H3,(H2,25,29,30).